The molecule has 0 aliphatic rings. The molecule has 0 aliphatic heterocycles. The maximum absolute atomic E-state index is 8.25. The molecule has 0 saturated heterocycles. The molecule has 14 heavy (non-hydrogen) atoms. The average Bonchev–Trinajstić information content (AvgIpc) is 2.12. The van der Waals surface area contributed by atoms with Crippen LogP contribution in [0.1, 0.15) is 41.5 Å². The van der Waals surface area contributed by atoms with E-state index in [1.807, 2.05) is 40.5 Å². The predicted octanol–water partition coefficient (Wildman–Crippen LogP) is 2.34. The van der Waals surface area contributed by atoms with Crippen molar-refractivity contribution >= 4 is 0 Å². The number of rotatable bonds is 0. The molecule has 0 bridgehead atoms. The van der Waals surface area contributed by atoms with Gasteiger partial charge in [0.2, 0.25) is 0 Å². The summed E-state index contributed by atoms with van der Waals surface area (Å²) in [5, 5.41) is 15.1. The van der Waals surface area contributed by atoms with Crippen LogP contribution in [-0.4, -0.2) is 23.4 Å². The summed E-state index contributed by atoms with van der Waals surface area (Å²) in [6.45, 7) is 11.4. The van der Waals surface area contributed by atoms with Gasteiger partial charge in [0.05, 0.1) is 0 Å². The third kappa shape index (κ3) is 8620. The second-order valence-corrected chi connectivity index (χ2v) is 2.25. The van der Waals surface area contributed by atoms with E-state index in [1.165, 1.54) is 0 Å². The van der Waals surface area contributed by atoms with E-state index < -0.39 is 0 Å². The van der Waals surface area contributed by atoms with E-state index in [0.717, 1.165) is 27.5 Å². The number of hydrogen-bond acceptors (Lipinski definition) is 3. The van der Waals surface area contributed by atoms with E-state index in [2.05, 4.69) is 0 Å². The van der Waals surface area contributed by atoms with Crippen molar-refractivity contribution in [2.75, 3.05) is 7.11 Å². The van der Waals surface area contributed by atoms with Gasteiger partial charge >= 0.3 is 23.7 Å². The first-order valence-corrected chi connectivity index (χ1v) is 5.01. The van der Waals surface area contributed by atoms with Crippen LogP contribution in [0.2, 0.25) is 0 Å². The molecule has 0 unspecified atom stereocenters. The van der Waals surface area contributed by atoms with E-state index >= 15 is 0 Å². The van der Waals surface area contributed by atoms with Crippen LogP contribution >= 0.6 is 0 Å². The van der Waals surface area contributed by atoms with E-state index in [4.69, 9.17) is 13.5 Å². The third-order valence-corrected chi connectivity index (χ3v) is 0. The Morgan fingerprint density at radius 1 is 0.929 bits per heavy atom. The van der Waals surface area contributed by atoms with Crippen molar-refractivity contribution in [3.05, 3.63) is 12.8 Å². The fraction of sp³-hybridized carbons (Fsp3) is 0.800. The summed E-state index contributed by atoms with van der Waals surface area (Å²) >= 11 is 0.750. The fourth-order valence-electron chi connectivity index (χ4n) is 0. The van der Waals surface area contributed by atoms with Crippen molar-refractivity contribution in [2.24, 2.45) is 0 Å². The number of hydrogen-bond donors (Lipinski definition) is 2. The predicted molar refractivity (Wildman–Crippen MR) is 57.5 cm³/mol. The molecule has 4 heteroatoms. The molecule has 0 rings (SSSR count). The van der Waals surface area contributed by atoms with Crippen LogP contribution in [0.15, 0.2) is 0 Å². The molecule has 3 nitrogen and oxygen atoms in total. The minimum atomic E-state index is -0.167. The first kappa shape index (κ1) is 29.3. The maximum atomic E-state index is 8.25. The standard InChI is InChI=1S/C3H8O.2C3H7.CH4O.O.Ti/c1-3(2)4;2*1-3-2;1-2;;/h3-4H,1-2H3;2*3H,1-2H3;2H,1H3;;/q;2*-1;;;+2. The van der Waals surface area contributed by atoms with E-state index in [0.29, 0.717) is 0 Å². The zero-order valence-electron chi connectivity index (χ0n) is 10.5. The Balaban J connectivity index is -0.0000000249. The van der Waals surface area contributed by atoms with Gasteiger partial charge in [-0.2, -0.15) is 27.7 Å². The molecular weight excluding hydrogens is 216 g/mol. The summed E-state index contributed by atoms with van der Waals surface area (Å²) in [5.74, 6) is 0. The number of aliphatic hydroxyl groups excluding tert-OH is 2. The normalized spacial score (nSPS) is 6.00. The van der Waals surface area contributed by atoms with Crippen LogP contribution in [0.25, 0.3) is 0 Å². The molecule has 88 valence electrons. The van der Waals surface area contributed by atoms with E-state index in [-0.39, 0.29) is 6.10 Å². The molecule has 2 N–H and O–H groups in total. The Kier molecular flexibility index (Phi) is 147. The van der Waals surface area contributed by atoms with Gasteiger partial charge in [-0.3, -0.25) is 0 Å². The van der Waals surface area contributed by atoms with Crippen LogP contribution in [0.3, 0.4) is 0 Å². The molecule has 0 atom stereocenters. The first-order valence-electron chi connectivity index (χ1n) is 4.37. The van der Waals surface area contributed by atoms with Crippen LogP contribution < -0.4 is 0 Å². The van der Waals surface area contributed by atoms with Gasteiger partial charge in [0.15, 0.2) is 0 Å². The molecule has 0 aromatic heterocycles. The third-order valence-electron chi connectivity index (χ3n) is 0. The molecule has 0 heterocycles. The van der Waals surface area contributed by atoms with Crippen molar-refractivity contribution in [3.8, 4) is 0 Å². The Labute approximate surface area is 102 Å². The zero-order valence-corrected chi connectivity index (χ0v) is 12.1. The molecule has 0 aliphatic carbocycles. The summed E-state index contributed by atoms with van der Waals surface area (Å²) in [7, 11) is 1.00. The van der Waals surface area contributed by atoms with Crippen molar-refractivity contribution in [1.29, 1.82) is 0 Å². The van der Waals surface area contributed by atoms with E-state index in [9.17, 15) is 0 Å². The Bertz CT molecular complexity index is 39.6. The Morgan fingerprint density at radius 3 is 0.929 bits per heavy atom. The molecule has 0 fully saturated rings. The van der Waals surface area contributed by atoms with Crippen LogP contribution in [0, 0.1) is 12.8 Å². The van der Waals surface area contributed by atoms with Gasteiger partial charge in [0.25, 0.3) is 0 Å². The molecule has 0 saturated carbocycles. The van der Waals surface area contributed by atoms with Gasteiger partial charge in [-0.05, 0) is 13.8 Å². The molecule has 0 aromatic carbocycles. The van der Waals surface area contributed by atoms with Crippen molar-refractivity contribution in [1.82, 2.24) is 0 Å². The average molecular weight is 242 g/mol. The first-order chi connectivity index (χ1) is 6.56. The summed E-state index contributed by atoms with van der Waals surface area (Å²) in [6, 6.07) is 0. The fourth-order valence-corrected chi connectivity index (χ4v) is 0. The van der Waals surface area contributed by atoms with Gasteiger partial charge in [-0.15, -0.1) is 0 Å². The summed E-state index contributed by atoms with van der Waals surface area (Å²) < 4.78 is 8.25. The quantitative estimate of drug-likeness (QED) is 0.506. The molecule has 0 aromatic rings. The summed E-state index contributed by atoms with van der Waals surface area (Å²) in [6.07, 6.45) is 3.83. The Morgan fingerprint density at radius 2 is 0.929 bits per heavy atom. The summed E-state index contributed by atoms with van der Waals surface area (Å²) in [5.41, 5.74) is 0. The molecule has 0 amide bonds. The second kappa shape index (κ2) is 70.3. The van der Waals surface area contributed by atoms with Crippen LogP contribution in [-0.2, 0) is 23.7 Å². The van der Waals surface area contributed by atoms with Gasteiger partial charge in [-0.1, -0.05) is 0 Å². The van der Waals surface area contributed by atoms with Crippen molar-refractivity contribution in [3.63, 3.8) is 0 Å². The van der Waals surface area contributed by atoms with Gasteiger partial charge < -0.3 is 23.1 Å². The summed E-state index contributed by atoms with van der Waals surface area (Å²) in [4.78, 5) is 0. The second-order valence-electron chi connectivity index (χ2n) is 2.25. The van der Waals surface area contributed by atoms with Crippen LogP contribution in [0.5, 0.6) is 0 Å². The monoisotopic (exact) mass is 242 g/mol. The van der Waals surface area contributed by atoms with Crippen molar-refractivity contribution in [2.45, 2.75) is 47.6 Å². The zero-order chi connectivity index (χ0) is 13.0. The van der Waals surface area contributed by atoms with E-state index in [1.54, 1.807) is 13.8 Å². The number of aliphatic hydroxyl groups is 2. The SMILES string of the molecule is CC(C)O.CO.C[CH-]C.C[CH-]C.[O]=[Ti+2]. The van der Waals surface area contributed by atoms with Gasteiger partial charge in [0.1, 0.15) is 0 Å². The van der Waals surface area contributed by atoms with Gasteiger partial charge in [0, 0.05) is 13.2 Å². The topological polar surface area (TPSA) is 57.5 Å². The molecular formula is C10H26O3Ti. The minimum absolute atomic E-state index is 0.167. The molecule has 0 spiro atoms. The Hall–Kier alpha value is 0.434. The van der Waals surface area contributed by atoms with Crippen LogP contribution in [0.4, 0.5) is 0 Å². The van der Waals surface area contributed by atoms with Crippen molar-refractivity contribution < 1.29 is 33.9 Å². The molecule has 0 radical (unpaired) electrons. The van der Waals surface area contributed by atoms with Gasteiger partial charge in [-0.25, -0.2) is 0 Å².